The number of carbonyl (C=O) groups is 2. The zero-order valence-corrected chi connectivity index (χ0v) is 22.3. The molecule has 6 nitrogen and oxygen atoms in total. The molecular weight excluding hydrogens is 523 g/mol. The fourth-order valence-corrected chi connectivity index (χ4v) is 5.95. The largest absolute Gasteiger partial charge is 0.355 e. The summed E-state index contributed by atoms with van der Waals surface area (Å²) in [6, 6.07) is 23.3. The fraction of sp³-hybridized carbons (Fsp3) is 0.207. The molecule has 5 rings (SSSR count). The van der Waals surface area contributed by atoms with E-state index in [-0.39, 0.29) is 29.9 Å². The number of thioether (sulfide) groups is 1. The molecule has 0 saturated carbocycles. The van der Waals surface area contributed by atoms with E-state index in [0.717, 1.165) is 12.0 Å². The number of halogens is 2. The Kier molecular flexibility index (Phi) is 7.81. The number of anilines is 1. The highest BCUT2D eigenvalue weighted by atomic mass is 35.5. The van der Waals surface area contributed by atoms with Gasteiger partial charge in [-0.15, -0.1) is 11.8 Å². The Labute approximate surface area is 229 Å². The highest BCUT2D eigenvalue weighted by molar-refractivity contribution is 8.00. The number of hydrogen-bond acceptors (Lipinski definition) is 4. The van der Waals surface area contributed by atoms with Gasteiger partial charge in [-0.05, 0) is 24.6 Å². The number of carbonyl (C=O) groups excluding carboxylic acids is 2. The van der Waals surface area contributed by atoms with Gasteiger partial charge in [-0.25, -0.2) is 9.07 Å². The minimum Gasteiger partial charge on any atom is -0.355 e. The zero-order valence-electron chi connectivity index (χ0n) is 20.7. The minimum absolute atomic E-state index is 0.0610. The van der Waals surface area contributed by atoms with E-state index in [2.05, 4.69) is 5.32 Å². The Hall–Kier alpha value is -3.62. The normalized spacial score (nSPS) is 15.2. The van der Waals surface area contributed by atoms with E-state index in [1.165, 1.54) is 22.7 Å². The molecule has 9 heteroatoms. The standard InChI is InChI=1S/C29H26ClFN4O2S/c1-2-16-32-24(36)17-34-25(37)18-38-28(20-12-6-8-14-22(20)31)26-27(19-10-4-3-5-11-19)33-35(29(26)34)23-15-9-7-13-21(23)30/h3-15,28H,2,16-18H2,1H3,(H,32,36). The molecule has 0 saturated heterocycles. The number of fused-ring (bicyclic) bond motifs is 1. The van der Waals surface area contributed by atoms with E-state index in [0.29, 0.717) is 39.9 Å². The topological polar surface area (TPSA) is 67.2 Å². The summed E-state index contributed by atoms with van der Waals surface area (Å²) in [4.78, 5) is 28.0. The van der Waals surface area contributed by atoms with Gasteiger partial charge in [0, 0.05) is 23.2 Å². The van der Waals surface area contributed by atoms with E-state index < -0.39 is 5.25 Å². The molecule has 0 fully saturated rings. The minimum atomic E-state index is -0.551. The molecule has 1 unspecified atom stereocenters. The average molecular weight is 549 g/mol. The molecule has 1 aliphatic heterocycles. The lowest BCUT2D eigenvalue weighted by Gasteiger charge is -2.23. The van der Waals surface area contributed by atoms with Gasteiger partial charge >= 0.3 is 0 Å². The predicted octanol–water partition coefficient (Wildman–Crippen LogP) is 6.03. The highest BCUT2D eigenvalue weighted by Crippen LogP contribution is 2.49. The van der Waals surface area contributed by atoms with E-state index in [9.17, 15) is 9.59 Å². The van der Waals surface area contributed by atoms with Crippen LogP contribution >= 0.6 is 23.4 Å². The Balaban J connectivity index is 1.81. The van der Waals surface area contributed by atoms with Gasteiger partial charge < -0.3 is 5.32 Å². The molecule has 38 heavy (non-hydrogen) atoms. The van der Waals surface area contributed by atoms with Crippen molar-refractivity contribution in [3.05, 3.63) is 101 Å². The van der Waals surface area contributed by atoms with Crippen LogP contribution < -0.4 is 10.2 Å². The van der Waals surface area contributed by atoms with E-state index in [4.69, 9.17) is 16.7 Å². The Morgan fingerprint density at radius 3 is 2.53 bits per heavy atom. The number of nitrogens with one attached hydrogen (secondary N) is 1. The van der Waals surface area contributed by atoms with Crippen molar-refractivity contribution in [2.75, 3.05) is 23.7 Å². The van der Waals surface area contributed by atoms with Gasteiger partial charge in [0.15, 0.2) is 0 Å². The predicted molar refractivity (Wildman–Crippen MR) is 150 cm³/mol. The number of aromatic nitrogens is 2. The first kappa shape index (κ1) is 26.0. The van der Waals surface area contributed by atoms with Gasteiger partial charge in [-0.1, -0.05) is 79.2 Å². The fourth-order valence-electron chi connectivity index (χ4n) is 4.52. The molecule has 1 aliphatic rings. The van der Waals surface area contributed by atoms with Crippen molar-refractivity contribution in [3.63, 3.8) is 0 Å². The van der Waals surface area contributed by atoms with Gasteiger partial charge in [-0.3, -0.25) is 14.5 Å². The Morgan fingerprint density at radius 2 is 1.79 bits per heavy atom. The van der Waals surface area contributed by atoms with Crippen LogP contribution in [0, 0.1) is 5.82 Å². The molecule has 3 aromatic carbocycles. The lowest BCUT2D eigenvalue weighted by atomic mass is 9.99. The smallest absolute Gasteiger partial charge is 0.240 e. The van der Waals surface area contributed by atoms with Crippen LogP contribution in [0.15, 0.2) is 78.9 Å². The van der Waals surface area contributed by atoms with Crippen molar-refractivity contribution in [2.45, 2.75) is 18.6 Å². The van der Waals surface area contributed by atoms with Crippen LogP contribution in [-0.2, 0) is 9.59 Å². The summed E-state index contributed by atoms with van der Waals surface area (Å²) in [5.41, 5.74) is 3.05. The summed E-state index contributed by atoms with van der Waals surface area (Å²) >= 11 is 7.95. The van der Waals surface area contributed by atoms with Crippen molar-refractivity contribution in [3.8, 4) is 16.9 Å². The first-order valence-corrected chi connectivity index (χ1v) is 13.8. The molecule has 2 amide bonds. The van der Waals surface area contributed by atoms with Crippen LogP contribution in [0.5, 0.6) is 0 Å². The molecule has 0 aliphatic carbocycles. The lowest BCUT2D eigenvalue weighted by Crippen LogP contribution is -2.42. The maximum absolute atomic E-state index is 15.2. The van der Waals surface area contributed by atoms with Crippen molar-refractivity contribution in [2.24, 2.45) is 0 Å². The van der Waals surface area contributed by atoms with Gasteiger partial charge in [-0.2, -0.15) is 5.10 Å². The van der Waals surface area contributed by atoms with Crippen LogP contribution in [0.1, 0.15) is 29.7 Å². The molecule has 1 atom stereocenters. The summed E-state index contributed by atoms with van der Waals surface area (Å²) in [6.45, 7) is 2.27. The van der Waals surface area contributed by atoms with Crippen molar-refractivity contribution in [1.29, 1.82) is 0 Å². The first-order chi connectivity index (χ1) is 18.5. The van der Waals surface area contributed by atoms with Crippen molar-refractivity contribution in [1.82, 2.24) is 15.1 Å². The number of benzene rings is 3. The number of amides is 2. The SMILES string of the molecule is CCCNC(=O)CN1C(=O)CSC(c2ccccc2F)c2c(-c3ccccc3)nn(-c3ccccc3Cl)c21. The van der Waals surface area contributed by atoms with Crippen LogP contribution in [-0.4, -0.2) is 40.4 Å². The third-order valence-corrected chi connectivity index (χ3v) is 7.83. The van der Waals surface area contributed by atoms with Crippen molar-refractivity contribution < 1.29 is 14.0 Å². The maximum Gasteiger partial charge on any atom is 0.240 e. The molecule has 4 aromatic rings. The van der Waals surface area contributed by atoms with Crippen LogP contribution in [0.4, 0.5) is 10.2 Å². The summed E-state index contributed by atoms with van der Waals surface area (Å²) in [5, 5.41) is 7.70. The third kappa shape index (κ3) is 5.06. The molecule has 0 spiro atoms. The molecule has 0 radical (unpaired) electrons. The van der Waals surface area contributed by atoms with Crippen LogP contribution in [0.2, 0.25) is 5.02 Å². The number of para-hydroxylation sites is 1. The van der Waals surface area contributed by atoms with Gasteiger partial charge in [0.25, 0.3) is 0 Å². The molecule has 0 bridgehead atoms. The molecule has 1 N–H and O–H groups in total. The van der Waals surface area contributed by atoms with Crippen LogP contribution in [0.25, 0.3) is 16.9 Å². The first-order valence-electron chi connectivity index (χ1n) is 12.4. The number of rotatable bonds is 7. The lowest BCUT2D eigenvalue weighted by molar-refractivity contribution is -0.122. The molecule has 1 aromatic heterocycles. The zero-order chi connectivity index (χ0) is 26.6. The molecule has 194 valence electrons. The van der Waals surface area contributed by atoms with E-state index in [1.54, 1.807) is 35.0 Å². The third-order valence-electron chi connectivity index (χ3n) is 6.28. The van der Waals surface area contributed by atoms with E-state index >= 15 is 4.39 Å². The second kappa shape index (κ2) is 11.4. The Bertz CT molecular complexity index is 1480. The maximum atomic E-state index is 15.2. The van der Waals surface area contributed by atoms with Gasteiger partial charge in [0.2, 0.25) is 11.8 Å². The van der Waals surface area contributed by atoms with Gasteiger partial charge in [0.1, 0.15) is 18.2 Å². The monoisotopic (exact) mass is 548 g/mol. The summed E-state index contributed by atoms with van der Waals surface area (Å²) in [5.74, 6) is -0.456. The molecular formula is C29H26ClFN4O2S. The Morgan fingerprint density at radius 1 is 1.08 bits per heavy atom. The second-order valence-electron chi connectivity index (χ2n) is 8.86. The molecule has 2 heterocycles. The van der Waals surface area contributed by atoms with E-state index in [1.807, 2.05) is 49.4 Å². The summed E-state index contributed by atoms with van der Waals surface area (Å²) in [6.07, 6.45) is 0.770. The van der Waals surface area contributed by atoms with Gasteiger partial charge in [0.05, 0.1) is 27.4 Å². The summed E-state index contributed by atoms with van der Waals surface area (Å²) in [7, 11) is 0. The highest BCUT2D eigenvalue weighted by Gasteiger charge is 2.38. The van der Waals surface area contributed by atoms with Crippen molar-refractivity contribution >= 4 is 41.0 Å². The quantitative estimate of drug-likeness (QED) is 0.306. The number of hydrogen-bond donors (Lipinski definition) is 1. The average Bonchev–Trinajstić information content (AvgIpc) is 3.25. The number of nitrogens with zero attached hydrogens (tertiary/aromatic N) is 3. The second-order valence-corrected chi connectivity index (χ2v) is 10.4. The summed E-state index contributed by atoms with van der Waals surface area (Å²) < 4.78 is 16.9. The van der Waals surface area contributed by atoms with Crippen LogP contribution in [0.3, 0.4) is 0 Å².